The average molecular weight is 426 g/mol. The second-order valence-corrected chi connectivity index (χ2v) is 7.60. The first-order chi connectivity index (χ1) is 14.9. The number of hydrogen-bond acceptors (Lipinski definition) is 5. The van der Waals surface area contributed by atoms with Crippen LogP contribution < -0.4 is 0 Å². The fourth-order valence-electron chi connectivity index (χ4n) is 3.95. The molecule has 31 heavy (non-hydrogen) atoms. The van der Waals surface area contributed by atoms with E-state index in [4.69, 9.17) is 9.57 Å². The molecular weight excluding hydrogens is 394 g/mol. The van der Waals surface area contributed by atoms with E-state index in [0.29, 0.717) is 26.2 Å². The van der Waals surface area contributed by atoms with Crippen molar-refractivity contribution >= 4 is 12.0 Å². The molecule has 2 amide bonds. The van der Waals surface area contributed by atoms with Crippen molar-refractivity contribution < 1.29 is 19.2 Å². The average Bonchev–Trinajstić information content (AvgIpc) is 2.99. The third-order valence-electron chi connectivity index (χ3n) is 5.47. The summed E-state index contributed by atoms with van der Waals surface area (Å²) in [5.41, 5.74) is 5.29. The molecule has 0 aliphatic carbocycles. The molecule has 7 heteroatoms. The van der Waals surface area contributed by atoms with E-state index in [2.05, 4.69) is 31.2 Å². The summed E-state index contributed by atoms with van der Waals surface area (Å²) in [6.45, 7) is 7.76. The summed E-state index contributed by atoms with van der Waals surface area (Å²) >= 11 is 0. The quantitative estimate of drug-likeness (QED) is 0.733. The summed E-state index contributed by atoms with van der Waals surface area (Å²) in [4.78, 5) is 31.4. The first kappa shape index (κ1) is 22.8. The summed E-state index contributed by atoms with van der Waals surface area (Å²) in [6, 6.07) is 14.3. The van der Waals surface area contributed by atoms with Gasteiger partial charge in [-0.2, -0.15) is 5.06 Å². The number of amides is 2. The highest BCUT2D eigenvalue weighted by molar-refractivity contribution is 5.84. The van der Waals surface area contributed by atoms with Gasteiger partial charge in [-0.15, -0.1) is 0 Å². The largest absolute Gasteiger partial charge is 0.448 e. The molecule has 1 aliphatic rings. The maximum absolute atomic E-state index is 13.5. The molecule has 2 aromatic carbocycles. The minimum Gasteiger partial charge on any atom is -0.448 e. The van der Waals surface area contributed by atoms with Crippen LogP contribution in [0.5, 0.6) is 0 Å². The molecule has 1 aliphatic heterocycles. The Morgan fingerprint density at radius 3 is 2.29 bits per heavy atom. The zero-order chi connectivity index (χ0) is 22.4. The first-order valence-corrected chi connectivity index (χ1v) is 10.6. The minimum atomic E-state index is -0.516. The molecule has 0 N–H and O–H groups in total. The van der Waals surface area contributed by atoms with Gasteiger partial charge in [0.05, 0.1) is 33.2 Å². The smallest absolute Gasteiger partial charge is 0.428 e. The van der Waals surface area contributed by atoms with Crippen LogP contribution in [0.3, 0.4) is 0 Å². The van der Waals surface area contributed by atoms with E-state index >= 15 is 0 Å². The van der Waals surface area contributed by atoms with Gasteiger partial charge in [-0.3, -0.25) is 4.79 Å². The molecule has 3 rings (SSSR count). The van der Waals surface area contributed by atoms with Crippen LogP contribution in [0.4, 0.5) is 4.79 Å². The SMILES string of the molecule is CCOC(=O)N1CCN(OC)CCN1C(=O)Cc1c(C)cc(C)cc1-c1ccccc1. The number of rotatable bonds is 5. The summed E-state index contributed by atoms with van der Waals surface area (Å²) < 4.78 is 5.20. The Bertz CT molecular complexity index is 917. The lowest BCUT2D eigenvalue weighted by Crippen LogP contribution is -2.51. The first-order valence-electron chi connectivity index (χ1n) is 10.6. The van der Waals surface area contributed by atoms with Crippen molar-refractivity contribution in [2.75, 3.05) is 39.9 Å². The fourth-order valence-corrected chi connectivity index (χ4v) is 3.95. The summed E-state index contributed by atoms with van der Waals surface area (Å²) in [5, 5.41) is 4.65. The zero-order valence-corrected chi connectivity index (χ0v) is 18.8. The molecule has 7 nitrogen and oxygen atoms in total. The highest BCUT2D eigenvalue weighted by atomic mass is 16.7. The molecule has 1 heterocycles. The number of hydrogen-bond donors (Lipinski definition) is 0. The maximum atomic E-state index is 13.5. The van der Waals surface area contributed by atoms with Gasteiger partial charge in [0.25, 0.3) is 0 Å². The van der Waals surface area contributed by atoms with Crippen molar-refractivity contribution in [1.82, 2.24) is 15.1 Å². The Kier molecular flexibility index (Phi) is 7.65. The predicted octanol–water partition coefficient (Wildman–Crippen LogP) is 3.59. The van der Waals surface area contributed by atoms with E-state index in [9.17, 15) is 9.59 Å². The highest BCUT2D eigenvalue weighted by Crippen LogP contribution is 2.29. The third kappa shape index (κ3) is 5.42. The lowest BCUT2D eigenvalue weighted by molar-refractivity contribution is -0.145. The standard InChI is InChI=1S/C24H31N3O4/c1-5-31-24(29)27-14-12-25(30-4)11-13-26(27)23(28)17-21-19(3)15-18(2)16-22(21)20-9-7-6-8-10-20/h6-10,15-16H,5,11-14,17H2,1-4H3. The van der Waals surface area contributed by atoms with Crippen LogP contribution in [-0.4, -0.2) is 67.0 Å². The van der Waals surface area contributed by atoms with Crippen LogP contribution in [0, 0.1) is 13.8 Å². The van der Waals surface area contributed by atoms with Gasteiger partial charge in [0, 0.05) is 13.1 Å². The van der Waals surface area contributed by atoms with Crippen LogP contribution >= 0.6 is 0 Å². The van der Waals surface area contributed by atoms with Gasteiger partial charge < -0.3 is 9.57 Å². The monoisotopic (exact) mass is 425 g/mol. The van der Waals surface area contributed by atoms with Crippen molar-refractivity contribution in [2.24, 2.45) is 0 Å². The number of hydroxylamine groups is 2. The number of ether oxygens (including phenoxy) is 1. The predicted molar refractivity (Wildman–Crippen MR) is 119 cm³/mol. The van der Waals surface area contributed by atoms with Crippen molar-refractivity contribution in [3.63, 3.8) is 0 Å². The minimum absolute atomic E-state index is 0.143. The Balaban J connectivity index is 1.92. The van der Waals surface area contributed by atoms with Gasteiger partial charge in [0.15, 0.2) is 0 Å². The van der Waals surface area contributed by atoms with Crippen molar-refractivity contribution in [1.29, 1.82) is 0 Å². The van der Waals surface area contributed by atoms with E-state index < -0.39 is 6.09 Å². The molecule has 166 valence electrons. The number of aryl methyl sites for hydroxylation is 2. The number of benzene rings is 2. The molecular formula is C24H31N3O4. The maximum Gasteiger partial charge on any atom is 0.428 e. The van der Waals surface area contributed by atoms with Crippen molar-refractivity contribution in [3.05, 3.63) is 59.2 Å². The Labute approximate surface area is 184 Å². The second kappa shape index (κ2) is 10.4. The molecule has 0 radical (unpaired) electrons. The normalized spacial score (nSPS) is 15.0. The van der Waals surface area contributed by atoms with Crippen LogP contribution in [0.1, 0.15) is 23.6 Å². The van der Waals surface area contributed by atoms with E-state index in [0.717, 1.165) is 27.8 Å². The molecule has 0 bridgehead atoms. The van der Waals surface area contributed by atoms with Gasteiger partial charge in [0.2, 0.25) is 5.91 Å². The Morgan fingerprint density at radius 2 is 1.65 bits per heavy atom. The Morgan fingerprint density at radius 1 is 0.968 bits per heavy atom. The van der Waals surface area contributed by atoms with E-state index in [-0.39, 0.29) is 18.9 Å². The molecule has 0 spiro atoms. The molecule has 2 aromatic rings. The van der Waals surface area contributed by atoms with Crippen LogP contribution in [0.2, 0.25) is 0 Å². The molecule has 0 unspecified atom stereocenters. The number of nitrogens with zero attached hydrogens (tertiary/aromatic N) is 3. The van der Waals surface area contributed by atoms with Crippen molar-refractivity contribution in [2.45, 2.75) is 27.2 Å². The van der Waals surface area contributed by atoms with Gasteiger partial charge in [-0.25, -0.2) is 14.8 Å². The zero-order valence-electron chi connectivity index (χ0n) is 18.8. The molecule has 0 saturated carbocycles. The summed E-state index contributed by atoms with van der Waals surface area (Å²) in [6.07, 6.45) is -0.322. The number of carbonyl (C=O) groups excluding carboxylic acids is 2. The summed E-state index contributed by atoms with van der Waals surface area (Å²) in [7, 11) is 1.59. The van der Waals surface area contributed by atoms with Gasteiger partial charge >= 0.3 is 6.09 Å². The van der Waals surface area contributed by atoms with E-state index in [1.165, 1.54) is 10.0 Å². The second-order valence-electron chi connectivity index (χ2n) is 7.60. The molecule has 0 aromatic heterocycles. The van der Waals surface area contributed by atoms with Gasteiger partial charge in [0.1, 0.15) is 0 Å². The topological polar surface area (TPSA) is 62.3 Å². The molecule has 0 atom stereocenters. The lowest BCUT2D eigenvalue weighted by Gasteiger charge is -2.32. The lowest BCUT2D eigenvalue weighted by atomic mass is 9.91. The molecule has 1 fully saturated rings. The fraction of sp³-hybridized carbons (Fsp3) is 0.417. The van der Waals surface area contributed by atoms with Crippen molar-refractivity contribution in [3.8, 4) is 11.1 Å². The van der Waals surface area contributed by atoms with Crippen LogP contribution in [0.15, 0.2) is 42.5 Å². The van der Waals surface area contributed by atoms with E-state index in [1.54, 1.807) is 19.1 Å². The third-order valence-corrected chi connectivity index (χ3v) is 5.47. The van der Waals surface area contributed by atoms with Crippen LogP contribution in [-0.2, 0) is 20.8 Å². The van der Waals surface area contributed by atoms with Gasteiger partial charge in [-0.1, -0.05) is 48.0 Å². The Hall–Kier alpha value is -2.90. The van der Waals surface area contributed by atoms with Gasteiger partial charge in [-0.05, 0) is 43.0 Å². The number of hydrazine groups is 1. The highest BCUT2D eigenvalue weighted by Gasteiger charge is 2.31. The molecule has 1 saturated heterocycles. The summed E-state index contributed by atoms with van der Waals surface area (Å²) in [5.74, 6) is -0.143. The number of carbonyl (C=O) groups is 2. The van der Waals surface area contributed by atoms with Crippen LogP contribution in [0.25, 0.3) is 11.1 Å². The van der Waals surface area contributed by atoms with E-state index in [1.807, 2.05) is 25.1 Å².